The Balaban J connectivity index is 2.70. The van der Waals surface area contributed by atoms with Crippen molar-refractivity contribution in [2.75, 3.05) is 5.32 Å². The number of aromatic nitrogens is 1. The number of anilines is 1. The quantitative estimate of drug-likeness (QED) is 0.586. The van der Waals surface area contributed by atoms with E-state index in [1.54, 1.807) is 12.1 Å². The Hall–Kier alpha value is -1.91. The highest BCUT2D eigenvalue weighted by Gasteiger charge is 2.07. The van der Waals surface area contributed by atoms with Gasteiger partial charge in [0, 0.05) is 5.69 Å². The van der Waals surface area contributed by atoms with Gasteiger partial charge in [-0.2, -0.15) is 0 Å². The van der Waals surface area contributed by atoms with Gasteiger partial charge >= 0.3 is 11.8 Å². The zero-order valence-corrected chi connectivity index (χ0v) is 7.07. The van der Waals surface area contributed by atoms with Crippen LogP contribution in [-0.4, -0.2) is 16.8 Å². The minimum Gasteiger partial charge on any atom is -0.361 e. The van der Waals surface area contributed by atoms with E-state index in [4.69, 9.17) is 5.73 Å². The van der Waals surface area contributed by atoms with Crippen molar-refractivity contribution in [3.05, 3.63) is 24.0 Å². The number of nitrogens with one attached hydrogen (secondary N) is 1. The molecule has 0 aliphatic heterocycles. The Bertz CT molecular complexity index is 332. The molecular formula is C8H9N3O2. The van der Waals surface area contributed by atoms with Crippen molar-refractivity contribution in [2.45, 2.75) is 6.92 Å². The lowest BCUT2D eigenvalue weighted by atomic mass is 10.3. The number of carbonyl (C=O) groups is 2. The van der Waals surface area contributed by atoms with Crippen molar-refractivity contribution >= 4 is 17.5 Å². The van der Waals surface area contributed by atoms with Crippen molar-refractivity contribution in [1.82, 2.24) is 4.98 Å². The van der Waals surface area contributed by atoms with E-state index in [1.165, 1.54) is 6.20 Å². The largest absolute Gasteiger partial charge is 0.361 e. The molecule has 1 heterocycles. The van der Waals surface area contributed by atoms with Crippen molar-refractivity contribution < 1.29 is 9.59 Å². The molecule has 0 atom stereocenters. The minimum absolute atomic E-state index is 0.453. The number of carbonyl (C=O) groups excluding carboxylic acids is 2. The number of amides is 2. The predicted octanol–water partition coefficient (Wildman–Crippen LogP) is -0.186. The molecule has 0 spiro atoms. The summed E-state index contributed by atoms with van der Waals surface area (Å²) in [5, 5.41) is 2.29. The Morgan fingerprint density at radius 1 is 1.46 bits per heavy atom. The number of hydrogen-bond donors (Lipinski definition) is 2. The van der Waals surface area contributed by atoms with Gasteiger partial charge in [-0.25, -0.2) is 0 Å². The van der Waals surface area contributed by atoms with E-state index >= 15 is 0 Å². The van der Waals surface area contributed by atoms with Gasteiger partial charge < -0.3 is 11.1 Å². The van der Waals surface area contributed by atoms with Crippen LogP contribution in [0.3, 0.4) is 0 Å². The van der Waals surface area contributed by atoms with Crippen LogP contribution < -0.4 is 11.1 Å². The van der Waals surface area contributed by atoms with Gasteiger partial charge in [0.05, 0.1) is 11.9 Å². The molecule has 3 N–H and O–H groups in total. The second-order valence-electron chi connectivity index (χ2n) is 2.51. The molecule has 0 aromatic carbocycles. The Labute approximate surface area is 75.0 Å². The summed E-state index contributed by atoms with van der Waals surface area (Å²) in [7, 11) is 0. The summed E-state index contributed by atoms with van der Waals surface area (Å²) < 4.78 is 0. The molecule has 68 valence electrons. The van der Waals surface area contributed by atoms with Gasteiger partial charge in [-0.15, -0.1) is 0 Å². The summed E-state index contributed by atoms with van der Waals surface area (Å²) in [4.78, 5) is 25.1. The van der Waals surface area contributed by atoms with Gasteiger partial charge in [-0.05, 0) is 19.1 Å². The highest BCUT2D eigenvalue weighted by Crippen LogP contribution is 2.04. The normalized spacial score (nSPS) is 9.31. The highest BCUT2D eigenvalue weighted by molar-refractivity contribution is 6.39. The molecule has 1 aromatic rings. The zero-order chi connectivity index (χ0) is 9.84. The van der Waals surface area contributed by atoms with E-state index in [1.807, 2.05) is 6.92 Å². The summed E-state index contributed by atoms with van der Waals surface area (Å²) >= 11 is 0. The van der Waals surface area contributed by atoms with E-state index in [0.29, 0.717) is 5.69 Å². The van der Waals surface area contributed by atoms with E-state index in [9.17, 15) is 9.59 Å². The maximum absolute atomic E-state index is 10.8. The van der Waals surface area contributed by atoms with Gasteiger partial charge in [-0.3, -0.25) is 14.6 Å². The van der Waals surface area contributed by atoms with Crippen LogP contribution >= 0.6 is 0 Å². The molecule has 0 unspecified atom stereocenters. The van der Waals surface area contributed by atoms with Gasteiger partial charge in [-0.1, -0.05) is 0 Å². The van der Waals surface area contributed by atoms with Crippen molar-refractivity contribution in [2.24, 2.45) is 5.73 Å². The highest BCUT2D eigenvalue weighted by atomic mass is 16.2. The fourth-order valence-corrected chi connectivity index (χ4v) is 0.734. The van der Waals surface area contributed by atoms with Crippen molar-refractivity contribution in [3.8, 4) is 0 Å². The average Bonchev–Trinajstić information content (AvgIpc) is 2.08. The molecule has 1 rings (SSSR count). The third kappa shape index (κ3) is 2.55. The lowest BCUT2D eigenvalue weighted by Gasteiger charge is -2.00. The van der Waals surface area contributed by atoms with Crippen LogP contribution in [0.25, 0.3) is 0 Å². The van der Waals surface area contributed by atoms with Crippen molar-refractivity contribution in [3.63, 3.8) is 0 Å². The fourth-order valence-electron chi connectivity index (χ4n) is 0.734. The number of primary amides is 1. The first-order valence-corrected chi connectivity index (χ1v) is 3.63. The number of nitrogens with zero attached hydrogens (tertiary/aromatic N) is 1. The molecule has 0 radical (unpaired) electrons. The summed E-state index contributed by atoms with van der Waals surface area (Å²) in [6, 6.07) is 3.36. The Morgan fingerprint density at radius 3 is 2.62 bits per heavy atom. The number of pyridine rings is 1. The van der Waals surface area contributed by atoms with E-state index in [-0.39, 0.29) is 0 Å². The van der Waals surface area contributed by atoms with Gasteiger partial charge in [0.15, 0.2) is 0 Å². The average molecular weight is 179 g/mol. The molecular weight excluding hydrogens is 170 g/mol. The molecule has 13 heavy (non-hydrogen) atoms. The molecule has 5 heteroatoms. The monoisotopic (exact) mass is 179 g/mol. The lowest BCUT2D eigenvalue weighted by molar-refractivity contribution is -0.134. The topological polar surface area (TPSA) is 85.1 Å². The Morgan fingerprint density at radius 2 is 2.15 bits per heavy atom. The van der Waals surface area contributed by atoms with Crippen LogP contribution in [0.1, 0.15) is 5.69 Å². The second-order valence-corrected chi connectivity index (χ2v) is 2.51. The van der Waals surface area contributed by atoms with Gasteiger partial charge in [0.1, 0.15) is 0 Å². The lowest BCUT2D eigenvalue weighted by Crippen LogP contribution is -2.29. The SMILES string of the molecule is Cc1ccc(NC(=O)C(N)=O)cn1. The first kappa shape index (κ1) is 9.18. The minimum atomic E-state index is -1.01. The first-order chi connectivity index (χ1) is 6.09. The molecule has 0 fully saturated rings. The third-order valence-electron chi connectivity index (χ3n) is 1.39. The van der Waals surface area contributed by atoms with Crippen LogP contribution in [0.5, 0.6) is 0 Å². The maximum Gasteiger partial charge on any atom is 0.313 e. The smallest absolute Gasteiger partial charge is 0.313 e. The van der Waals surface area contributed by atoms with Crippen LogP contribution in [0.4, 0.5) is 5.69 Å². The van der Waals surface area contributed by atoms with Crippen molar-refractivity contribution in [1.29, 1.82) is 0 Å². The zero-order valence-electron chi connectivity index (χ0n) is 7.07. The van der Waals surface area contributed by atoms with Crippen LogP contribution in [0.2, 0.25) is 0 Å². The van der Waals surface area contributed by atoms with Crippen LogP contribution in [0.15, 0.2) is 18.3 Å². The summed E-state index contributed by atoms with van der Waals surface area (Å²) in [5.41, 5.74) is 6.03. The number of hydrogen-bond acceptors (Lipinski definition) is 3. The molecule has 1 aromatic heterocycles. The molecule has 0 aliphatic rings. The first-order valence-electron chi connectivity index (χ1n) is 3.63. The van der Waals surface area contributed by atoms with E-state index in [0.717, 1.165) is 5.69 Å². The molecule has 5 nitrogen and oxygen atoms in total. The summed E-state index contributed by atoms with van der Waals surface area (Å²) in [5.74, 6) is -1.86. The number of nitrogens with two attached hydrogens (primary N) is 1. The molecule has 2 amide bonds. The molecule has 0 bridgehead atoms. The second kappa shape index (κ2) is 3.66. The predicted molar refractivity (Wildman–Crippen MR) is 46.8 cm³/mol. The van der Waals surface area contributed by atoms with E-state index < -0.39 is 11.8 Å². The number of aryl methyl sites for hydroxylation is 1. The molecule has 0 saturated heterocycles. The van der Waals surface area contributed by atoms with Crippen LogP contribution in [-0.2, 0) is 9.59 Å². The fraction of sp³-hybridized carbons (Fsp3) is 0.125. The van der Waals surface area contributed by atoms with Crippen LogP contribution in [0, 0.1) is 6.92 Å². The Kier molecular flexibility index (Phi) is 2.59. The maximum atomic E-state index is 10.8. The summed E-state index contributed by atoms with van der Waals surface area (Å²) in [6.45, 7) is 1.82. The standard InChI is InChI=1S/C8H9N3O2/c1-5-2-3-6(4-10-5)11-8(13)7(9)12/h2-4H,1H3,(H2,9,12)(H,11,13). The van der Waals surface area contributed by atoms with Gasteiger partial charge in [0.25, 0.3) is 0 Å². The molecule has 0 aliphatic carbocycles. The van der Waals surface area contributed by atoms with Gasteiger partial charge in [0.2, 0.25) is 0 Å². The molecule has 0 saturated carbocycles. The number of rotatable bonds is 1. The summed E-state index contributed by atoms with van der Waals surface area (Å²) in [6.07, 6.45) is 1.45. The third-order valence-corrected chi connectivity index (χ3v) is 1.39. The van der Waals surface area contributed by atoms with E-state index in [2.05, 4.69) is 10.3 Å².